The van der Waals surface area contributed by atoms with Crippen LogP contribution >= 0.6 is 11.3 Å². The van der Waals surface area contributed by atoms with Gasteiger partial charge in [-0.1, -0.05) is 48.5 Å². The number of nitriles is 1. The van der Waals surface area contributed by atoms with Crippen LogP contribution in [0.15, 0.2) is 89.5 Å². The highest BCUT2D eigenvalue weighted by Gasteiger charge is 2.15. The van der Waals surface area contributed by atoms with Crippen molar-refractivity contribution in [2.45, 2.75) is 19.6 Å². The molecule has 0 bridgehead atoms. The minimum Gasteiger partial charge on any atom is -0.483 e. The van der Waals surface area contributed by atoms with Crippen LogP contribution in [0.1, 0.15) is 23.7 Å². The van der Waals surface area contributed by atoms with E-state index in [9.17, 15) is 0 Å². The highest BCUT2D eigenvalue weighted by Crippen LogP contribution is 2.33. The topological polar surface area (TPSA) is 95.2 Å². The number of benzene rings is 2. The molecule has 7 nitrogen and oxygen atoms in total. The Balaban J connectivity index is 1.40. The second-order valence-corrected chi connectivity index (χ2v) is 7.96. The van der Waals surface area contributed by atoms with Crippen molar-refractivity contribution < 1.29 is 4.74 Å². The van der Waals surface area contributed by atoms with Crippen LogP contribution in [-0.2, 0) is 6.54 Å². The second-order valence-electron chi connectivity index (χ2n) is 7.07. The summed E-state index contributed by atoms with van der Waals surface area (Å²) in [4.78, 5) is 12.5. The lowest BCUT2D eigenvalue weighted by molar-refractivity contribution is 0.227. The van der Waals surface area contributed by atoms with E-state index in [0.717, 1.165) is 33.3 Å². The maximum absolute atomic E-state index is 8.97. The Kier molecular flexibility index (Phi) is 7.25. The van der Waals surface area contributed by atoms with E-state index in [1.807, 2.05) is 48.7 Å². The van der Waals surface area contributed by atoms with Crippen LogP contribution in [0.3, 0.4) is 0 Å². The summed E-state index contributed by atoms with van der Waals surface area (Å²) in [6, 6.07) is 21.8. The average Bonchev–Trinajstić information content (AvgIpc) is 3.34. The highest BCUT2D eigenvalue weighted by molar-refractivity contribution is 7.09. The highest BCUT2D eigenvalue weighted by atomic mass is 32.1. The summed E-state index contributed by atoms with van der Waals surface area (Å²) in [6.07, 6.45) is 4.92. The number of guanidine groups is 1. The molecular formula is C25H22N6OS. The number of nitrogens with one attached hydrogen (secondary N) is 2. The van der Waals surface area contributed by atoms with Gasteiger partial charge in [0.2, 0.25) is 12.2 Å². The van der Waals surface area contributed by atoms with Gasteiger partial charge in [0.25, 0.3) is 0 Å². The van der Waals surface area contributed by atoms with E-state index >= 15 is 0 Å². The van der Waals surface area contributed by atoms with Gasteiger partial charge in [0, 0.05) is 29.0 Å². The molecule has 2 N–H and O–H groups in total. The minimum absolute atomic E-state index is 0.212. The number of rotatable bonds is 7. The van der Waals surface area contributed by atoms with Gasteiger partial charge in [-0.2, -0.15) is 5.26 Å². The molecule has 0 aliphatic rings. The molecule has 0 aliphatic carbocycles. The van der Waals surface area contributed by atoms with E-state index in [4.69, 9.17) is 15.0 Å². The Hall–Kier alpha value is -4.22. The van der Waals surface area contributed by atoms with Gasteiger partial charge < -0.3 is 15.4 Å². The predicted octanol–water partition coefficient (Wildman–Crippen LogP) is 5.38. The van der Waals surface area contributed by atoms with Crippen molar-refractivity contribution >= 4 is 23.0 Å². The van der Waals surface area contributed by atoms with E-state index in [2.05, 4.69) is 38.8 Å². The standard InChI is InChI=1S/C25H22N6OS/c1-18(32-23-10-6-5-9-22(23)19-7-3-2-4-8-19)24-30-21(16-33-24)15-28-25(29-17-26)31-20-11-13-27-14-12-20/h2-14,16,18H,15H2,1H3,(H2,27,28,29,31)/t18-/m0/s1. The molecule has 0 radical (unpaired) electrons. The van der Waals surface area contributed by atoms with Gasteiger partial charge in [-0.25, -0.2) is 4.98 Å². The molecular weight excluding hydrogens is 432 g/mol. The van der Waals surface area contributed by atoms with Crippen molar-refractivity contribution in [2.24, 2.45) is 4.99 Å². The monoisotopic (exact) mass is 454 g/mol. The van der Waals surface area contributed by atoms with Gasteiger partial charge in [-0.3, -0.25) is 4.98 Å². The van der Waals surface area contributed by atoms with Crippen LogP contribution in [0.4, 0.5) is 5.69 Å². The fourth-order valence-corrected chi connectivity index (χ4v) is 3.97. The summed E-state index contributed by atoms with van der Waals surface area (Å²) >= 11 is 1.54. The van der Waals surface area contributed by atoms with Gasteiger partial charge in [0.15, 0.2) is 0 Å². The molecule has 4 aromatic rings. The molecule has 0 spiro atoms. The molecule has 0 saturated carbocycles. The van der Waals surface area contributed by atoms with Gasteiger partial charge in [-0.05, 0) is 30.7 Å². The van der Waals surface area contributed by atoms with E-state index in [0.29, 0.717) is 12.5 Å². The van der Waals surface area contributed by atoms with Crippen molar-refractivity contribution in [3.63, 3.8) is 0 Å². The first-order chi connectivity index (χ1) is 16.2. The number of para-hydroxylation sites is 1. The molecule has 2 aromatic carbocycles. The molecule has 2 heterocycles. The van der Waals surface area contributed by atoms with E-state index < -0.39 is 0 Å². The number of nitrogens with zero attached hydrogens (tertiary/aromatic N) is 4. The molecule has 1 atom stereocenters. The Morgan fingerprint density at radius 1 is 1.09 bits per heavy atom. The van der Waals surface area contributed by atoms with Crippen molar-refractivity contribution in [3.05, 3.63) is 95.2 Å². The van der Waals surface area contributed by atoms with Gasteiger partial charge in [0.05, 0.1) is 12.2 Å². The van der Waals surface area contributed by atoms with E-state index in [1.165, 1.54) is 11.3 Å². The summed E-state index contributed by atoms with van der Waals surface area (Å²) in [7, 11) is 0. The Morgan fingerprint density at radius 3 is 2.64 bits per heavy atom. The lowest BCUT2D eigenvalue weighted by Crippen LogP contribution is -2.30. The molecule has 4 rings (SSSR count). The molecule has 8 heteroatoms. The lowest BCUT2D eigenvalue weighted by atomic mass is 10.0. The normalized spacial score (nSPS) is 11.9. The molecule has 0 amide bonds. The zero-order valence-electron chi connectivity index (χ0n) is 18.0. The van der Waals surface area contributed by atoms with Crippen LogP contribution in [0, 0.1) is 11.5 Å². The Bertz CT molecular complexity index is 1250. The van der Waals surface area contributed by atoms with Crippen molar-refractivity contribution in [2.75, 3.05) is 5.32 Å². The summed E-state index contributed by atoms with van der Waals surface area (Å²) in [5, 5.41) is 18.0. The van der Waals surface area contributed by atoms with Gasteiger partial charge in [-0.15, -0.1) is 16.3 Å². The number of aliphatic imine (C=N–C) groups is 1. The van der Waals surface area contributed by atoms with Crippen LogP contribution in [0.2, 0.25) is 0 Å². The maximum Gasteiger partial charge on any atom is 0.212 e. The Morgan fingerprint density at radius 2 is 1.85 bits per heavy atom. The zero-order valence-corrected chi connectivity index (χ0v) is 18.8. The van der Waals surface area contributed by atoms with Gasteiger partial charge >= 0.3 is 0 Å². The fraction of sp³-hybridized carbons (Fsp3) is 0.120. The van der Waals surface area contributed by atoms with Crippen LogP contribution < -0.4 is 15.4 Å². The van der Waals surface area contributed by atoms with E-state index in [1.54, 1.807) is 30.7 Å². The SMILES string of the molecule is C[C@H](Oc1ccccc1-c1ccccc1)c1nc(CNC(=NC#N)Nc2ccncc2)cs1. The van der Waals surface area contributed by atoms with Crippen molar-refractivity contribution in [3.8, 4) is 23.1 Å². The third kappa shape index (κ3) is 5.93. The molecule has 0 aliphatic heterocycles. The lowest BCUT2D eigenvalue weighted by Gasteiger charge is -2.16. The van der Waals surface area contributed by atoms with E-state index in [-0.39, 0.29) is 6.10 Å². The number of hydrogen-bond donors (Lipinski definition) is 2. The summed E-state index contributed by atoms with van der Waals surface area (Å²) in [6.45, 7) is 2.41. The number of ether oxygens (including phenoxy) is 1. The number of hydrogen-bond acceptors (Lipinski definition) is 6. The number of anilines is 1. The third-order valence-electron chi connectivity index (χ3n) is 4.73. The smallest absolute Gasteiger partial charge is 0.212 e. The van der Waals surface area contributed by atoms with Gasteiger partial charge in [0.1, 0.15) is 16.9 Å². The average molecular weight is 455 g/mol. The molecule has 0 fully saturated rings. The first kappa shape index (κ1) is 22.0. The van der Waals surface area contributed by atoms with Crippen LogP contribution in [0.25, 0.3) is 11.1 Å². The molecule has 164 valence electrons. The first-order valence-electron chi connectivity index (χ1n) is 10.4. The van der Waals surface area contributed by atoms with Crippen LogP contribution in [-0.4, -0.2) is 15.9 Å². The fourth-order valence-electron chi connectivity index (χ4n) is 3.16. The minimum atomic E-state index is -0.212. The van der Waals surface area contributed by atoms with Crippen molar-refractivity contribution in [1.29, 1.82) is 5.26 Å². The second kappa shape index (κ2) is 10.9. The van der Waals surface area contributed by atoms with Crippen molar-refractivity contribution in [1.82, 2.24) is 15.3 Å². The first-order valence-corrected chi connectivity index (χ1v) is 11.2. The summed E-state index contributed by atoms with van der Waals surface area (Å²) in [5.74, 6) is 1.16. The summed E-state index contributed by atoms with van der Waals surface area (Å²) < 4.78 is 6.28. The van der Waals surface area contributed by atoms with Crippen LogP contribution in [0.5, 0.6) is 5.75 Å². The number of pyridine rings is 1. The quantitative estimate of drug-likeness (QED) is 0.221. The molecule has 0 unspecified atom stereocenters. The predicted molar refractivity (Wildman–Crippen MR) is 131 cm³/mol. The summed E-state index contributed by atoms with van der Waals surface area (Å²) in [5.41, 5.74) is 3.77. The Labute approximate surface area is 196 Å². The molecule has 33 heavy (non-hydrogen) atoms. The molecule has 0 saturated heterocycles. The largest absolute Gasteiger partial charge is 0.483 e. The number of thiazole rings is 1. The number of aromatic nitrogens is 2. The molecule has 2 aromatic heterocycles. The maximum atomic E-state index is 8.97. The third-order valence-corrected chi connectivity index (χ3v) is 5.79. The zero-order chi connectivity index (χ0) is 22.9.